The highest BCUT2D eigenvalue weighted by Crippen LogP contribution is 2.28. The zero-order chi connectivity index (χ0) is 13.1. The smallest absolute Gasteiger partial charge is 0.0950 e. The summed E-state index contributed by atoms with van der Waals surface area (Å²) in [4.78, 5) is 2.45. The summed E-state index contributed by atoms with van der Waals surface area (Å²) in [5.74, 6) is 0.808. The third-order valence-electron chi connectivity index (χ3n) is 3.97. The van der Waals surface area contributed by atoms with E-state index in [2.05, 4.69) is 32.5 Å². The summed E-state index contributed by atoms with van der Waals surface area (Å²) in [6, 6.07) is 8.25. The second-order valence-electron chi connectivity index (χ2n) is 5.24. The lowest BCUT2D eigenvalue weighted by Crippen LogP contribution is -2.36. The van der Waals surface area contributed by atoms with Crippen molar-refractivity contribution in [3.63, 3.8) is 0 Å². The van der Waals surface area contributed by atoms with E-state index in [1.165, 1.54) is 23.9 Å². The molecule has 1 aliphatic heterocycles. The maximum absolute atomic E-state index is 4.19. The average molecular weight is 256 g/mol. The van der Waals surface area contributed by atoms with Crippen LogP contribution in [0.25, 0.3) is 10.9 Å². The highest BCUT2D eigenvalue weighted by Gasteiger charge is 2.20. The van der Waals surface area contributed by atoms with E-state index in [1.54, 1.807) is 0 Å². The number of hydrogen-bond donors (Lipinski definition) is 1. The maximum atomic E-state index is 4.19. The molecule has 19 heavy (non-hydrogen) atoms. The summed E-state index contributed by atoms with van der Waals surface area (Å²) in [5.41, 5.74) is 2.21. The molecule has 2 aromatic rings. The van der Waals surface area contributed by atoms with Crippen LogP contribution in [0.2, 0.25) is 0 Å². The molecule has 0 spiro atoms. The summed E-state index contributed by atoms with van der Waals surface area (Å²) in [7, 11) is 2.03. The monoisotopic (exact) mass is 256 g/mol. The SMILES string of the molecule is CNCC1CCN(c2cnnc3ccccc23)CC1. The summed E-state index contributed by atoms with van der Waals surface area (Å²) in [6.45, 7) is 3.35. The molecule has 3 rings (SSSR count). The van der Waals surface area contributed by atoms with E-state index in [0.717, 1.165) is 31.1 Å². The minimum absolute atomic E-state index is 0.808. The van der Waals surface area contributed by atoms with Crippen molar-refractivity contribution in [2.75, 3.05) is 31.6 Å². The number of piperidine rings is 1. The van der Waals surface area contributed by atoms with Crippen LogP contribution < -0.4 is 10.2 Å². The van der Waals surface area contributed by atoms with Gasteiger partial charge in [-0.05, 0) is 38.4 Å². The van der Waals surface area contributed by atoms with Crippen LogP contribution in [-0.4, -0.2) is 36.9 Å². The van der Waals surface area contributed by atoms with E-state index in [4.69, 9.17) is 0 Å². The van der Waals surface area contributed by atoms with Gasteiger partial charge in [-0.3, -0.25) is 0 Å². The fourth-order valence-electron chi connectivity index (χ4n) is 2.91. The molecule has 1 aliphatic rings. The highest BCUT2D eigenvalue weighted by atomic mass is 15.2. The van der Waals surface area contributed by atoms with Crippen molar-refractivity contribution in [1.29, 1.82) is 0 Å². The van der Waals surface area contributed by atoms with Crippen LogP contribution in [-0.2, 0) is 0 Å². The van der Waals surface area contributed by atoms with Gasteiger partial charge in [0, 0.05) is 18.5 Å². The highest BCUT2D eigenvalue weighted by molar-refractivity contribution is 5.90. The topological polar surface area (TPSA) is 41.0 Å². The lowest BCUT2D eigenvalue weighted by atomic mass is 9.96. The second-order valence-corrected chi connectivity index (χ2v) is 5.24. The first-order valence-corrected chi connectivity index (χ1v) is 6.98. The van der Waals surface area contributed by atoms with E-state index in [-0.39, 0.29) is 0 Å². The average Bonchev–Trinajstić information content (AvgIpc) is 2.48. The van der Waals surface area contributed by atoms with E-state index in [9.17, 15) is 0 Å². The minimum atomic E-state index is 0.808. The lowest BCUT2D eigenvalue weighted by Gasteiger charge is -2.33. The molecule has 4 heteroatoms. The van der Waals surface area contributed by atoms with Crippen LogP contribution in [0.4, 0.5) is 5.69 Å². The molecule has 100 valence electrons. The molecule has 1 fully saturated rings. The van der Waals surface area contributed by atoms with Crippen LogP contribution in [0, 0.1) is 5.92 Å². The van der Waals surface area contributed by atoms with Crippen molar-refractivity contribution in [3.05, 3.63) is 30.5 Å². The van der Waals surface area contributed by atoms with Gasteiger partial charge in [0.1, 0.15) is 0 Å². The Labute approximate surface area is 113 Å². The third kappa shape index (κ3) is 2.54. The van der Waals surface area contributed by atoms with Gasteiger partial charge in [-0.1, -0.05) is 18.2 Å². The first kappa shape index (κ1) is 12.4. The van der Waals surface area contributed by atoms with Gasteiger partial charge in [0.05, 0.1) is 17.4 Å². The number of aromatic nitrogens is 2. The predicted octanol–water partition coefficient (Wildman–Crippen LogP) is 2.07. The van der Waals surface area contributed by atoms with E-state index < -0.39 is 0 Å². The largest absolute Gasteiger partial charge is 0.370 e. The number of benzene rings is 1. The maximum Gasteiger partial charge on any atom is 0.0950 e. The molecule has 4 nitrogen and oxygen atoms in total. The van der Waals surface area contributed by atoms with Gasteiger partial charge in [0.25, 0.3) is 0 Å². The Kier molecular flexibility index (Phi) is 3.60. The number of anilines is 1. The zero-order valence-electron chi connectivity index (χ0n) is 11.3. The molecule has 1 N–H and O–H groups in total. The number of rotatable bonds is 3. The van der Waals surface area contributed by atoms with Gasteiger partial charge in [0.2, 0.25) is 0 Å². The van der Waals surface area contributed by atoms with Gasteiger partial charge < -0.3 is 10.2 Å². The van der Waals surface area contributed by atoms with E-state index in [1.807, 2.05) is 25.4 Å². The van der Waals surface area contributed by atoms with Gasteiger partial charge in [-0.2, -0.15) is 10.2 Å². The van der Waals surface area contributed by atoms with Crippen molar-refractivity contribution in [3.8, 4) is 0 Å². The fourth-order valence-corrected chi connectivity index (χ4v) is 2.91. The van der Waals surface area contributed by atoms with Crippen LogP contribution >= 0.6 is 0 Å². The Morgan fingerprint density at radius 3 is 2.84 bits per heavy atom. The zero-order valence-corrected chi connectivity index (χ0v) is 11.3. The number of nitrogens with one attached hydrogen (secondary N) is 1. The number of fused-ring (bicyclic) bond motifs is 1. The van der Waals surface area contributed by atoms with Crippen LogP contribution in [0.1, 0.15) is 12.8 Å². The normalized spacial score (nSPS) is 17.0. The molecule has 0 bridgehead atoms. The lowest BCUT2D eigenvalue weighted by molar-refractivity contribution is 0.394. The first-order valence-electron chi connectivity index (χ1n) is 6.98. The van der Waals surface area contributed by atoms with Crippen molar-refractivity contribution in [2.45, 2.75) is 12.8 Å². The Morgan fingerprint density at radius 1 is 1.26 bits per heavy atom. The molecule has 0 radical (unpaired) electrons. The first-order chi connectivity index (χ1) is 9.38. The molecule has 0 aliphatic carbocycles. The van der Waals surface area contributed by atoms with Crippen LogP contribution in [0.3, 0.4) is 0 Å². The molecule has 0 amide bonds. The molecule has 2 heterocycles. The minimum Gasteiger partial charge on any atom is -0.370 e. The third-order valence-corrected chi connectivity index (χ3v) is 3.97. The molecule has 1 saturated heterocycles. The Bertz CT molecular complexity index is 541. The van der Waals surface area contributed by atoms with Crippen molar-refractivity contribution in [2.24, 2.45) is 5.92 Å². The number of nitrogens with zero attached hydrogens (tertiary/aromatic N) is 3. The molecular formula is C15H20N4. The Morgan fingerprint density at radius 2 is 2.05 bits per heavy atom. The summed E-state index contributed by atoms with van der Waals surface area (Å²) in [5, 5.41) is 12.8. The summed E-state index contributed by atoms with van der Waals surface area (Å²) in [6.07, 6.45) is 4.40. The van der Waals surface area contributed by atoms with Crippen molar-refractivity contribution in [1.82, 2.24) is 15.5 Å². The van der Waals surface area contributed by atoms with Gasteiger partial charge in [0.15, 0.2) is 0 Å². The standard InChI is InChI=1S/C15H20N4/c1-16-10-12-6-8-19(9-7-12)15-11-17-18-14-5-3-2-4-13(14)15/h2-5,11-12,16H,6-10H2,1H3. The second kappa shape index (κ2) is 5.53. The summed E-state index contributed by atoms with van der Waals surface area (Å²) < 4.78 is 0. The molecule has 0 atom stereocenters. The van der Waals surface area contributed by atoms with Gasteiger partial charge >= 0.3 is 0 Å². The quantitative estimate of drug-likeness (QED) is 0.912. The van der Waals surface area contributed by atoms with Crippen molar-refractivity contribution >= 4 is 16.6 Å². The molecule has 1 aromatic carbocycles. The fraction of sp³-hybridized carbons (Fsp3) is 0.467. The van der Waals surface area contributed by atoms with Crippen LogP contribution in [0.15, 0.2) is 30.5 Å². The number of hydrogen-bond acceptors (Lipinski definition) is 4. The summed E-state index contributed by atoms with van der Waals surface area (Å²) >= 11 is 0. The molecule has 0 unspecified atom stereocenters. The Hall–Kier alpha value is -1.68. The van der Waals surface area contributed by atoms with Crippen LogP contribution in [0.5, 0.6) is 0 Å². The van der Waals surface area contributed by atoms with Gasteiger partial charge in [-0.25, -0.2) is 0 Å². The van der Waals surface area contributed by atoms with Crippen molar-refractivity contribution < 1.29 is 0 Å². The Balaban J connectivity index is 1.82. The van der Waals surface area contributed by atoms with E-state index in [0.29, 0.717) is 0 Å². The molecule has 0 saturated carbocycles. The predicted molar refractivity (Wildman–Crippen MR) is 78.4 cm³/mol. The molecular weight excluding hydrogens is 236 g/mol. The van der Waals surface area contributed by atoms with E-state index >= 15 is 0 Å². The molecule has 1 aromatic heterocycles. The van der Waals surface area contributed by atoms with Gasteiger partial charge in [-0.15, -0.1) is 0 Å².